The minimum absolute atomic E-state index is 0.0381. The molecule has 2 saturated heterocycles. The van der Waals surface area contributed by atoms with Crippen LogP contribution in [0.25, 0.3) is 0 Å². The molecule has 2 fully saturated rings. The Balaban J connectivity index is 0.000000426. The zero-order valence-corrected chi connectivity index (χ0v) is 22.0. The number of likely N-dealkylation sites (tertiary alicyclic amines) is 2. The van der Waals surface area contributed by atoms with Crippen molar-refractivity contribution in [1.29, 1.82) is 0 Å². The number of hydrogen-bond donors (Lipinski definition) is 2. The van der Waals surface area contributed by atoms with Crippen molar-refractivity contribution in [1.82, 2.24) is 9.80 Å². The molecular formula is C23H32F6N2O6S. The molecule has 0 bridgehead atoms. The summed E-state index contributed by atoms with van der Waals surface area (Å²) < 4.78 is 69.0. The zero-order valence-electron chi connectivity index (χ0n) is 21.1. The number of halogens is 6. The van der Waals surface area contributed by atoms with Crippen LogP contribution in [0.1, 0.15) is 38.5 Å². The van der Waals surface area contributed by atoms with Crippen molar-refractivity contribution in [2.24, 2.45) is 11.3 Å². The molecule has 0 radical (unpaired) electrons. The Morgan fingerprint density at radius 2 is 1.66 bits per heavy atom. The Kier molecular flexibility index (Phi) is 12.5. The molecule has 0 aromatic carbocycles. The van der Waals surface area contributed by atoms with E-state index in [1.807, 2.05) is 18.3 Å². The third-order valence-corrected chi connectivity index (χ3v) is 7.02. The minimum atomic E-state index is -5.08. The number of thiophene rings is 1. The van der Waals surface area contributed by atoms with Gasteiger partial charge in [-0.25, -0.2) is 9.59 Å². The topological polar surface area (TPSA) is 107 Å². The van der Waals surface area contributed by atoms with Gasteiger partial charge in [0, 0.05) is 43.0 Å². The van der Waals surface area contributed by atoms with E-state index in [1.165, 1.54) is 4.88 Å². The summed E-state index contributed by atoms with van der Waals surface area (Å²) in [6.45, 7) is 11.8. The lowest BCUT2D eigenvalue weighted by Gasteiger charge is -2.31. The first kappa shape index (κ1) is 33.6. The van der Waals surface area contributed by atoms with Gasteiger partial charge >= 0.3 is 30.3 Å². The highest BCUT2D eigenvalue weighted by Gasteiger charge is 2.54. The van der Waals surface area contributed by atoms with Gasteiger partial charge in [-0.1, -0.05) is 6.07 Å². The lowest BCUT2D eigenvalue weighted by atomic mass is 9.75. The number of aliphatic carboxylic acids is 2. The first-order valence-corrected chi connectivity index (χ1v) is 12.6. The molecule has 1 aromatic heterocycles. The van der Waals surface area contributed by atoms with Crippen molar-refractivity contribution in [3.63, 3.8) is 0 Å². The number of carbonyl (C=O) groups excluding carboxylic acids is 1. The molecule has 15 heteroatoms. The second-order valence-corrected chi connectivity index (χ2v) is 10.2. The molecule has 0 amide bonds. The molecule has 218 valence electrons. The van der Waals surface area contributed by atoms with Crippen LogP contribution in [0, 0.1) is 11.3 Å². The van der Waals surface area contributed by atoms with E-state index < -0.39 is 24.3 Å². The van der Waals surface area contributed by atoms with Gasteiger partial charge in [0.2, 0.25) is 0 Å². The number of carbonyl (C=O) groups is 3. The number of fused-ring (bicyclic) bond motifs is 1. The van der Waals surface area contributed by atoms with Crippen molar-refractivity contribution in [2.75, 3.05) is 32.8 Å². The highest BCUT2D eigenvalue weighted by Crippen LogP contribution is 2.44. The predicted molar refractivity (Wildman–Crippen MR) is 125 cm³/mol. The van der Waals surface area contributed by atoms with Gasteiger partial charge in [0.1, 0.15) is 0 Å². The summed E-state index contributed by atoms with van der Waals surface area (Å²) in [7, 11) is 0. The Labute approximate surface area is 220 Å². The molecule has 2 atom stereocenters. The lowest BCUT2D eigenvalue weighted by molar-refractivity contribution is -0.193. The number of alkyl halides is 6. The van der Waals surface area contributed by atoms with Crippen molar-refractivity contribution < 1.29 is 55.7 Å². The largest absolute Gasteiger partial charge is 0.490 e. The van der Waals surface area contributed by atoms with E-state index in [0.29, 0.717) is 18.6 Å². The maximum absolute atomic E-state index is 12.9. The van der Waals surface area contributed by atoms with Crippen molar-refractivity contribution in [3.8, 4) is 0 Å². The maximum Gasteiger partial charge on any atom is 0.490 e. The monoisotopic (exact) mass is 578 g/mol. The van der Waals surface area contributed by atoms with Gasteiger partial charge in [0.25, 0.3) is 0 Å². The number of carboxylic acids is 2. The van der Waals surface area contributed by atoms with Crippen LogP contribution in [0.3, 0.4) is 0 Å². The Morgan fingerprint density at radius 3 is 2.08 bits per heavy atom. The van der Waals surface area contributed by atoms with E-state index >= 15 is 0 Å². The van der Waals surface area contributed by atoms with Crippen LogP contribution in [0.4, 0.5) is 26.3 Å². The number of hydrogen-bond acceptors (Lipinski definition) is 7. The highest BCUT2D eigenvalue weighted by molar-refractivity contribution is 7.09. The summed E-state index contributed by atoms with van der Waals surface area (Å²) in [6.07, 6.45) is -8.13. The van der Waals surface area contributed by atoms with E-state index in [2.05, 4.69) is 41.2 Å². The second kappa shape index (κ2) is 14.1. The molecule has 0 unspecified atom stereocenters. The van der Waals surface area contributed by atoms with E-state index in [-0.39, 0.29) is 11.4 Å². The average Bonchev–Trinajstić information content (AvgIpc) is 3.39. The zero-order chi connectivity index (χ0) is 29.3. The fraction of sp³-hybridized carbons (Fsp3) is 0.696. The number of nitrogens with zero attached hydrogens (tertiary/aromatic N) is 2. The van der Waals surface area contributed by atoms with E-state index in [1.54, 1.807) is 0 Å². The Morgan fingerprint density at radius 1 is 1.11 bits per heavy atom. The van der Waals surface area contributed by atoms with Crippen LogP contribution in [-0.2, 0) is 25.7 Å². The minimum Gasteiger partial charge on any atom is -0.475 e. The molecular weight excluding hydrogens is 546 g/mol. The molecule has 0 aliphatic carbocycles. The second-order valence-electron chi connectivity index (χ2n) is 9.12. The smallest absolute Gasteiger partial charge is 0.475 e. The third-order valence-electron chi connectivity index (χ3n) is 6.15. The van der Waals surface area contributed by atoms with Crippen molar-refractivity contribution in [2.45, 2.75) is 58.6 Å². The first-order chi connectivity index (χ1) is 17.4. The lowest BCUT2D eigenvalue weighted by Crippen LogP contribution is -2.42. The van der Waals surface area contributed by atoms with Gasteiger partial charge < -0.3 is 14.9 Å². The van der Waals surface area contributed by atoms with E-state index in [4.69, 9.17) is 24.5 Å². The standard InChI is InChI=1S/C19H30N2O2S.2C2HF3O2/c1-4-23-18(22)19-8-6-9-20(13-17-7-5-10-24-17)11-16(19)12-21(14-19)15(2)3;2*3-2(4,5)1(6)7/h5,7,10,15-16H,4,6,8-9,11-14H2,1-3H3;2*(H,6,7)/t16-,19-;;/m0../s1. The third kappa shape index (κ3) is 10.1. The molecule has 3 rings (SSSR count). The highest BCUT2D eigenvalue weighted by atomic mass is 32.1. The summed E-state index contributed by atoms with van der Waals surface area (Å²) in [5.41, 5.74) is -0.301. The number of rotatable bonds is 5. The quantitative estimate of drug-likeness (QED) is 0.389. The van der Waals surface area contributed by atoms with Crippen LogP contribution in [0.15, 0.2) is 17.5 Å². The van der Waals surface area contributed by atoms with Crippen LogP contribution in [-0.4, -0.2) is 89.1 Å². The fourth-order valence-corrected chi connectivity index (χ4v) is 5.06. The molecule has 0 saturated carbocycles. The van der Waals surface area contributed by atoms with Gasteiger partial charge in [0.15, 0.2) is 0 Å². The van der Waals surface area contributed by atoms with E-state index in [9.17, 15) is 31.1 Å². The molecule has 2 aliphatic heterocycles. The molecule has 2 aliphatic rings. The molecule has 0 spiro atoms. The summed E-state index contributed by atoms with van der Waals surface area (Å²) in [4.78, 5) is 37.1. The Bertz CT molecular complexity index is 885. The number of esters is 1. The van der Waals surface area contributed by atoms with Crippen LogP contribution < -0.4 is 0 Å². The summed E-state index contributed by atoms with van der Waals surface area (Å²) in [6, 6.07) is 4.81. The summed E-state index contributed by atoms with van der Waals surface area (Å²) >= 11 is 1.82. The van der Waals surface area contributed by atoms with Gasteiger partial charge in [-0.15, -0.1) is 11.3 Å². The maximum atomic E-state index is 12.9. The first-order valence-electron chi connectivity index (χ1n) is 11.7. The molecule has 38 heavy (non-hydrogen) atoms. The molecule has 3 heterocycles. The summed E-state index contributed by atoms with van der Waals surface area (Å²) in [5.74, 6) is -5.10. The van der Waals surface area contributed by atoms with Crippen molar-refractivity contribution >= 4 is 29.2 Å². The van der Waals surface area contributed by atoms with Crippen molar-refractivity contribution in [3.05, 3.63) is 22.4 Å². The van der Waals surface area contributed by atoms with Crippen LogP contribution in [0.5, 0.6) is 0 Å². The number of ether oxygens (including phenoxy) is 1. The predicted octanol–water partition coefficient (Wildman–Crippen LogP) is 4.50. The Hall–Kier alpha value is -2.39. The fourth-order valence-electron chi connectivity index (χ4n) is 4.32. The SMILES string of the molecule is CCOC(=O)[C@]12CCCN(Cc3cccs3)C[C@H]1CN(C(C)C)C2.O=C(O)C(F)(F)F.O=C(O)C(F)(F)F. The van der Waals surface area contributed by atoms with Crippen LogP contribution in [0.2, 0.25) is 0 Å². The van der Waals surface area contributed by atoms with Gasteiger partial charge in [-0.3, -0.25) is 14.6 Å². The van der Waals surface area contributed by atoms with Gasteiger partial charge in [-0.2, -0.15) is 26.3 Å². The normalized spacial score (nSPS) is 22.3. The van der Waals surface area contributed by atoms with E-state index in [0.717, 1.165) is 45.6 Å². The van der Waals surface area contributed by atoms with Gasteiger partial charge in [0.05, 0.1) is 12.0 Å². The molecule has 8 nitrogen and oxygen atoms in total. The molecule has 1 aromatic rings. The van der Waals surface area contributed by atoms with Gasteiger partial charge in [-0.05, 0) is 51.6 Å². The average molecular weight is 579 g/mol. The molecule has 2 N–H and O–H groups in total. The number of carboxylic acid groups (broad SMARTS) is 2. The van der Waals surface area contributed by atoms with Crippen LogP contribution >= 0.6 is 11.3 Å². The summed E-state index contributed by atoms with van der Waals surface area (Å²) in [5, 5.41) is 16.4.